The lowest BCUT2D eigenvalue weighted by Crippen LogP contribution is -2.31. The molecule has 0 bridgehead atoms. The molecule has 0 saturated carbocycles. The van der Waals surface area contributed by atoms with Gasteiger partial charge in [0.1, 0.15) is 5.75 Å². The molecular weight excluding hydrogens is 450 g/mol. The Balaban J connectivity index is 1.65. The number of carbonyl (C=O) groups is 1. The number of hydrogen-bond acceptors (Lipinski definition) is 6. The molecule has 176 valence electrons. The topological polar surface area (TPSA) is 144 Å². The first kappa shape index (κ1) is 23.2. The number of nitrogens with zero attached hydrogens (tertiary/aromatic N) is 3. The van der Waals surface area contributed by atoms with Gasteiger partial charge in [-0.05, 0) is 42.0 Å². The number of methoxy groups -OCH3 is 1. The van der Waals surface area contributed by atoms with Gasteiger partial charge in [0, 0.05) is 30.0 Å². The molecule has 2 amide bonds. The molecule has 0 unspecified atom stereocenters. The standard InChI is InChI=1S/C25H21N5O5/c1-35-20-6-3-5-18(14-20)29(25(26)32)19-12-13-21-22(15-19)24(31)28-27-23(21)7-2-4-16-8-10-17(11-9-16)30(33)34/h2-6,8-15H,7H2,1H3,(H2,26,32)(H,28,31). The number of H-pyrrole nitrogens is 1. The zero-order valence-corrected chi connectivity index (χ0v) is 18.7. The first-order valence-electron chi connectivity index (χ1n) is 10.5. The highest BCUT2D eigenvalue weighted by atomic mass is 16.6. The maximum absolute atomic E-state index is 12.5. The fraction of sp³-hybridized carbons (Fsp3) is 0.0800. The highest BCUT2D eigenvalue weighted by Crippen LogP contribution is 2.30. The Bertz CT molecular complexity index is 1490. The van der Waals surface area contributed by atoms with Crippen molar-refractivity contribution < 1.29 is 14.5 Å². The Morgan fingerprint density at radius 2 is 1.86 bits per heavy atom. The van der Waals surface area contributed by atoms with Gasteiger partial charge in [-0.3, -0.25) is 19.8 Å². The summed E-state index contributed by atoms with van der Waals surface area (Å²) in [7, 11) is 1.52. The van der Waals surface area contributed by atoms with E-state index in [4.69, 9.17) is 10.5 Å². The van der Waals surface area contributed by atoms with Crippen LogP contribution in [0.4, 0.5) is 21.9 Å². The second-order valence-electron chi connectivity index (χ2n) is 7.56. The lowest BCUT2D eigenvalue weighted by molar-refractivity contribution is -0.384. The second-order valence-corrected chi connectivity index (χ2v) is 7.56. The third-order valence-electron chi connectivity index (χ3n) is 5.37. The summed E-state index contributed by atoms with van der Waals surface area (Å²) >= 11 is 0. The molecule has 10 heteroatoms. The van der Waals surface area contributed by atoms with Gasteiger partial charge in [0.05, 0.1) is 34.5 Å². The van der Waals surface area contributed by atoms with E-state index in [0.29, 0.717) is 40.0 Å². The molecule has 4 rings (SSSR count). The van der Waals surface area contributed by atoms with Gasteiger partial charge in [-0.1, -0.05) is 24.3 Å². The number of nitrogens with one attached hydrogen (secondary N) is 1. The van der Waals surface area contributed by atoms with E-state index in [0.717, 1.165) is 5.56 Å². The normalized spacial score (nSPS) is 11.0. The van der Waals surface area contributed by atoms with Crippen molar-refractivity contribution >= 4 is 39.9 Å². The Labute approximate surface area is 199 Å². The van der Waals surface area contributed by atoms with E-state index in [9.17, 15) is 19.7 Å². The number of hydrogen-bond donors (Lipinski definition) is 2. The minimum Gasteiger partial charge on any atom is -0.497 e. The number of non-ortho nitro benzene ring substituents is 1. The van der Waals surface area contributed by atoms with E-state index in [1.165, 1.54) is 24.1 Å². The smallest absolute Gasteiger partial charge is 0.323 e. The lowest BCUT2D eigenvalue weighted by atomic mass is 10.1. The maximum Gasteiger partial charge on any atom is 0.323 e. The molecule has 0 fully saturated rings. The number of ether oxygens (including phenoxy) is 1. The molecule has 0 aliphatic rings. The van der Waals surface area contributed by atoms with Crippen molar-refractivity contribution in [3.63, 3.8) is 0 Å². The number of fused-ring (bicyclic) bond motifs is 1. The minimum absolute atomic E-state index is 0.0187. The zero-order valence-electron chi connectivity index (χ0n) is 18.7. The van der Waals surface area contributed by atoms with Gasteiger partial charge < -0.3 is 10.5 Å². The number of primary amides is 1. The number of carbonyl (C=O) groups excluding carboxylic acids is 1. The molecule has 3 aromatic carbocycles. The van der Waals surface area contributed by atoms with Crippen LogP contribution in [0.5, 0.6) is 5.75 Å². The molecule has 0 spiro atoms. The highest BCUT2D eigenvalue weighted by Gasteiger charge is 2.17. The maximum atomic E-state index is 12.5. The van der Waals surface area contributed by atoms with Gasteiger partial charge in [0.15, 0.2) is 0 Å². The molecule has 4 aromatic rings. The third kappa shape index (κ3) is 5.01. The number of nitro benzene ring substituents is 1. The van der Waals surface area contributed by atoms with Crippen molar-refractivity contribution in [2.45, 2.75) is 6.42 Å². The van der Waals surface area contributed by atoms with Crippen molar-refractivity contribution in [2.75, 3.05) is 12.0 Å². The summed E-state index contributed by atoms with van der Waals surface area (Å²) < 4.78 is 5.23. The molecule has 1 aromatic heterocycles. The van der Waals surface area contributed by atoms with Gasteiger partial charge in [-0.25, -0.2) is 9.89 Å². The van der Waals surface area contributed by atoms with E-state index in [2.05, 4.69) is 10.2 Å². The SMILES string of the molecule is COc1cccc(N(C(N)=O)c2ccc3c(CC=Cc4ccc([N+](=O)[O-])cc4)n[nH]c(=O)c3c2)c1. The van der Waals surface area contributed by atoms with Crippen LogP contribution in [0.2, 0.25) is 0 Å². The highest BCUT2D eigenvalue weighted by molar-refractivity contribution is 6.01. The Hall–Kier alpha value is -4.99. The molecule has 0 aliphatic heterocycles. The number of nitrogens with two attached hydrogens (primary N) is 1. The van der Waals surface area contributed by atoms with Crippen LogP contribution in [-0.4, -0.2) is 28.3 Å². The molecular formula is C25H21N5O5. The fourth-order valence-electron chi connectivity index (χ4n) is 3.67. The quantitative estimate of drug-likeness (QED) is 0.303. The number of amides is 2. The van der Waals surface area contributed by atoms with Crippen molar-refractivity contribution in [1.29, 1.82) is 0 Å². The first-order valence-corrected chi connectivity index (χ1v) is 10.5. The number of anilines is 2. The fourth-order valence-corrected chi connectivity index (χ4v) is 3.67. The van der Waals surface area contributed by atoms with Crippen LogP contribution >= 0.6 is 0 Å². The van der Waals surface area contributed by atoms with Crippen LogP contribution in [0.15, 0.2) is 77.6 Å². The van der Waals surface area contributed by atoms with E-state index < -0.39 is 16.5 Å². The Kier molecular flexibility index (Phi) is 6.54. The van der Waals surface area contributed by atoms with Crippen LogP contribution in [-0.2, 0) is 6.42 Å². The van der Waals surface area contributed by atoms with E-state index >= 15 is 0 Å². The summed E-state index contributed by atoms with van der Waals surface area (Å²) in [5.41, 5.74) is 7.60. The summed E-state index contributed by atoms with van der Waals surface area (Å²) in [5, 5.41) is 18.4. The first-order chi connectivity index (χ1) is 16.9. The molecule has 3 N–H and O–H groups in total. The number of urea groups is 1. The summed E-state index contributed by atoms with van der Waals surface area (Å²) in [6, 6.07) is 17.3. The molecule has 0 atom stereocenters. The van der Waals surface area contributed by atoms with Crippen LogP contribution in [0, 0.1) is 10.1 Å². The molecule has 10 nitrogen and oxygen atoms in total. The molecule has 0 aliphatic carbocycles. The summed E-state index contributed by atoms with van der Waals surface area (Å²) in [5.74, 6) is 0.554. The van der Waals surface area contributed by atoms with Crippen LogP contribution in [0.25, 0.3) is 16.8 Å². The number of nitro groups is 1. The number of benzene rings is 3. The van der Waals surface area contributed by atoms with Crippen LogP contribution < -0.4 is 20.9 Å². The number of rotatable bonds is 7. The van der Waals surface area contributed by atoms with E-state index in [-0.39, 0.29) is 5.69 Å². The van der Waals surface area contributed by atoms with Gasteiger partial charge in [-0.15, -0.1) is 0 Å². The molecule has 1 heterocycles. The Morgan fingerprint density at radius 1 is 1.11 bits per heavy atom. The van der Waals surface area contributed by atoms with Gasteiger partial charge in [-0.2, -0.15) is 5.10 Å². The van der Waals surface area contributed by atoms with Gasteiger partial charge >= 0.3 is 6.03 Å². The summed E-state index contributed by atoms with van der Waals surface area (Å²) in [6.07, 6.45) is 4.06. The van der Waals surface area contributed by atoms with Crippen molar-refractivity contribution in [2.24, 2.45) is 5.73 Å². The van der Waals surface area contributed by atoms with Crippen LogP contribution in [0.3, 0.4) is 0 Å². The van der Waals surface area contributed by atoms with E-state index in [1.54, 1.807) is 54.6 Å². The monoisotopic (exact) mass is 471 g/mol. The minimum atomic E-state index is -0.714. The average Bonchev–Trinajstić information content (AvgIpc) is 2.86. The van der Waals surface area contributed by atoms with E-state index in [1.807, 2.05) is 12.2 Å². The predicted octanol–water partition coefficient (Wildman–Crippen LogP) is 4.31. The van der Waals surface area contributed by atoms with Crippen molar-refractivity contribution in [3.8, 4) is 5.75 Å². The lowest BCUT2D eigenvalue weighted by Gasteiger charge is -2.21. The molecule has 0 saturated heterocycles. The van der Waals surface area contributed by atoms with Crippen molar-refractivity contribution in [1.82, 2.24) is 10.2 Å². The average molecular weight is 471 g/mol. The Morgan fingerprint density at radius 3 is 2.54 bits per heavy atom. The predicted molar refractivity (Wildman–Crippen MR) is 133 cm³/mol. The second kappa shape index (κ2) is 9.87. The van der Waals surface area contributed by atoms with Crippen LogP contribution in [0.1, 0.15) is 11.3 Å². The third-order valence-corrected chi connectivity index (χ3v) is 5.37. The molecule has 35 heavy (non-hydrogen) atoms. The van der Waals surface area contributed by atoms with Gasteiger partial charge in [0.25, 0.3) is 11.2 Å². The van der Waals surface area contributed by atoms with Crippen molar-refractivity contribution in [3.05, 3.63) is 105 Å². The number of aromatic nitrogens is 2. The number of allylic oxidation sites excluding steroid dienone is 1. The molecule has 0 radical (unpaired) electrons. The zero-order chi connectivity index (χ0) is 24.9. The largest absolute Gasteiger partial charge is 0.497 e. The van der Waals surface area contributed by atoms with Gasteiger partial charge in [0.2, 0.25) is 0 Å². The summed E-state index contributed by atoms with van der Waals surface area (Å²) in [6.45, 7) is 0. The number of aromatic amines is 1. The summed E-state index contributed by atoms with van der Waals surface area (Å²) in [4.78, 5) is 36.5.